The first kappa shape index (κ1) is 27.9. The van der Waals surface area contributed by atoms with Gasteiger partial charge in [-0.3, -0.25) is 4.79 Å². The van der Waals surface area contributed by atoms with Crippen LogP contribution in [-0.2, 0) is 9.53 Å². The number of fused-ring (bicyclic) bond motifs is 1. The smallest absolute Gasteiger partial charge is 0.416 e. The molecular weight excluding hydrogens is 461 g/mol. The number of alkyl halides is 3. The van der Waals surface area contributed by atoms with Crippen LogP contribution < -0.4 is 0 Å². The van der Waals surface area contributed by atoms with Crippen molar-refractivity contribution >= 4 is 5.97 Å². The molecule has 1 unspecified atom stereocenters. The molecule has 3 N–H and O–H groups in total. The highest BCUT2D eigenvalue weighted by Crippen LogP contribution is 2.58. The highest BCUT2D eigenvalue weighted by atomic mass is 19.4. The molecule has 0 aromatic heterocycles. The molecule has 198 valence electrons. The lowest BCUT2D eigenvalue weighted by atomic mass is 9.62. The van der Waals surface area contributed by atoms with Crippen molar-refractivity contribution in [1.82, 2.24) is 0 Å². The number of esters is 1. The molecule has 3 saturated carbocycles. The number of carbonyl (C=O) groups excluding carboxylic acids is 1. The number of ether oxygens (including phenoxy) is 1. The van der Waals surface area contributed by atoms with Crippen LogP contribution >= 0.6 is 0 Å². The van der Waals surface area contributed by atoms with Crippen molar-refractivity contribution in [1.29, 1.82) is 0 Å². The van der Waals surface area contributed by atoms with Gasteiger partial charge in [-0.25, -0.2) is 0 Å². The summed E-state index contributed by atoms with van der Waals surface area (Å²) in [5.74, 6) is -0.308. The second-order valence-corrected chi connectivity index (χ2v) is 11.1. The van der Waals surface area contributed by atoms with Gasteiger partial charge in [-0.1, -0.05) is 36.8 Å². The van der Waals surface area contributed by atoms with E-state index in [1.165, 1.54) is 5.57 Å². The summed E-state index contributed by atoms with van der Waals surface area (Å²) < 4.78 is 44.2. The molecular formula is C27H39F3O5. The standard InChI is InChI=1S/C27H39F3O5/c1-16-22(31)14-18(15-23(16)32)7-8-19-6-5-12-25(3)20(9-10-21(19)25)17(2)35-24(33)11-13-26(4,34)27(28,29)30/h7-8,17,20-23,31-32,34H,1,5-6,9-15H2,2-4H3/b18-7?,19-8+/t17-,20+,21-,22-,23+,25+,26?/m0/s1. The van der Waals surface area contributed by atoms with Crippen LogP contribution in [0.15, 0.2) is 35.5 Å². The summed E-state index contributed by atoms with van der Waals surface area (Å²) >= 11 is 0. The molecule has 3 aliphatic rings. The van der Waals surface area contributed by atoms with Crippen molar-refractivity contribution in [2.45, 2.75) is 109 Å². The largest absolute Gasteiger partial charge is 0.462 e. The van der Waals surface area contributed by atoms with Crippen LogP contribution in [0.2, 0.25) is 0 Å². The van der Waals surface area contributed by atoms with Crippen LogP contribution in [-0.4, -0.2) is 51.4 Å². The minimum atomic E-state index is -4.80. The van der Waals surface area contributed by atoms with E-state index in [9.17, 15) is 33.3 Å². The summed E-state index contributed by atoms with van der Waals surface area (Å²) in [6, 6.07) is 0. The van der Waals surface area contributed by atoms with Crippen LogP contribution in [0, 0.1) is 17.3 Å². The minimum Gasteiger partial charge on any atom is -0.462 e. The van der Waals surface area contributed by atoms with E-state index in [-0.39, 0.29) is 11.3 Å². The molecule has 35 heavy (non-hydrogen) atoms. The molecule has 0 aliphatic heterocycles. The van der Waals surface area contributed by atoms with Crippen molar-refractivity contribution in [3.63, 3.8) is 0 Å². The van der Waals surface area contributed by atoms with Crippen LogP contribution in [0.5, 0.6) is 0 Å². The minimum absolute atomic E-state index is 0.0837. The van der Waals surface area contributed by atoms with E-state index in [0.717, 1.165) is 37.7 Å². The Hall–Kier alpha value is -1.64. The number of hydrogen-bond acceptors (Lipinski definition) is 5. The second-order valence-electron chi connectivity index (χ2n) is 11.1. The third-order valence-electron chi connectivity index (χ3n) is 8.65. The van der Waals surface area contributed by atoms with Crippen molar-refractivity contribution < 1.29 is 38.0 Å². The molecule has 0 saturated heterocycles. The van der Waals surface area contributed by atoms with Gasteiger partial charge < -0.3 is 20.1 Å². The predicted octanol–water partition coefficient (Wildman–Crippen LogP) is 5.15. The summed E-state index contributed by atoms with van der Waals surface area (Å²) in [6.07, 6.45) is 1.93. The topological polar surface area (TPSA) is 87.0 Å². The maximum absolute atomic E-state index is 12.9. The Kier molecular flexibility index (Phi) is 8.29. The zero-order valence-electron chi connectivity index (χ0n) is 20.9. The van der Waals surface area contributed by atoms with Gasteiger partial charge in [0.15, 0.2) is 5.60 Å². The van der Waals surface area contributed by atoms with Gasteiger partial charge in [0.2, 0.25) is 0 Å². The van der Waals surface area contributed by atoms with Crippen molar-refractivity contribution in [3.05, 3.63) is 35.5 Å². The summed E-state index contributed by atoms with van der Waals surface area (Å²) in [6.45, 7) is 8.45. The quantitative estimate of drug-likeness (QED) is 0.347. The van der Waals surface area contributed by atoms with Crippen molar-refractivity contribution in [3.8, 4) is 0 Å². The Bertz CT molecular complexity index is 859. The number of carbonyl (C=O) groups is 1. The summed E-state index contributed by atoms with van der Waals surface area (Å²) in [7, 11) is 0. The fourth-order valence-electron chi connectivity index (χ4n) is 6.31. The Morgan fingerprint density at radius 2 is 1.86 bits per heavy atom. The van der Waals surface area contributed by atoms with Gasteiger partial charge in [0.1, 0.15) is 6.10 Å². The maximum Gasteiger partial charge on any atom is 0.416 e. The van der Waals surface area contributed by atoms with Gasteiger partial charge in [-0.05, 0) is 82.1 Å². The van der Waals surface area contributed by atoms with Gasteiger partial charge in [0, 0.05) is 12.3 Å². The normalized spacial score (nSPS) is 36.7. The van der Waals surface area contributed by atoms with E-state index in [0.29, 0.717) is 31.3 Å². The maximum atomic E-state index is 12.9. The lowest BCUT2D eigenvalue weighted by molar-refractivity contribution is -0.255. The first-order chi connectivity index (χ1) is 16.2. The average molecular weight is 501 g/mol. The molecule has 3 rings (SSSR count). The molecule has 0 bridgehead atoms. The Morgan fingerprint density at radius 1 is 1.23 bits per heavy atom. The number of hydrogen-bond donors (Lipinski definition) is 3. The SMILES string of the molecule is C=C1[C@H](O)CC(=C/C=C2\CCC[C@]3(C)[C@@H]([C@H](C)OC(=O)CCC(C)(O)C(F)(F)F)CC[C@@H]23)C[C@@H]1O. The molecule has 0 aromatic carbocycles. The summed E-state index contributed by atoms with van der Waals surface area (Å²) in [5.41, 5.74) is -0.232. The Labute approximate surface area is 205 Å². The van der Waals surface area contributed by atoms with E-state index in [1.807, 2.05) is 13.0 Å². The average Bonchev–Trinajstić information content (AvgIpc) is 3.11. The van der Waals surface area contributed by atoms with Crippen LogP contribution in [0.3, 0.4) is 0 Å². The van der Waals surface area contributed by atoms with E-state index in [2.05, 4.69) is 19.6 Å². The number of aliphatic hydroxyl groups is 3. The molecule has 0 amide bonds. The summed E-state index contributed by atoms with van der Waals surface area (Å²) in [4.78, 5) is 12.3. The third kappa shape index (κ3) is 6.03. The van der Waals surface area contributed by atoms with Gasteiger partial charge in [-0.15, -0.1) is 0 Å². The van der Waals surface area contributed by atoms with Gasteiger partial charge >= 0.3 is 12.1 Å². The predicted molar refractivity (Wildman–Crippen MR) is 126 cm³/mol. The molecule has 0 aromatic rings. The molecule has 3 aliphatic carbocycles. The Balaban J connectivity index is 1.64. The fourth-order valence-corrected chi connectivity index (χ4v) is 6.31. The Morgan fingerprint density at radius 3 is 2.46 bits per heavy atom. The van der Waals surface area contributed by atoms with Gasteiger partial charge in [0.05, 0.1) is 12.2 Å². The lowest BCUT2D eigenvalue weighted by Gasteiger charge is -2.44. The molecule has 7 atom stereocenters. The number of allylic oxidation sites excluding steroid dienone is 3. The third-order valence-corrected chi connectivity index (χ3v) is 8.65. The molecule has 8 heteroatoms. The number of halogens is 3. The molecule has 5 nitrogen and oxygen atoms in total. The fraction of sp³-hybridized carbons (Fsp3) is 0.741. The van der Waals surface area contributed by atoms with E-state index in [4.69, 9.17) is 4.74 Å². The van der Waals surface area contributed by atoms with Crippen LogP contribution in [0.1, 0.15) is 78.6 Å². The highest BCUT2D eigenvalue weighted by molar-refractivity contribution is 5.69. The molecule has 3 fully saturated rings. The van der Waals surface area contributed by atoms with E-state index < -0.39 is 48.9 Å². The first-order valence-electron chi connectivity index (χ1n) is 12.6. The zero-order valence-corrected chi connectivity index (χ0v) is 20.9. The van der Waals surface area contributed by atoms with E-state index >= 15 is 0 Å². The lowest BCUT2D eigenvalue weighted by Crippen LogP contribution is -2.43. The zero-order chi connectivity index (χ0) is 26.2. The molecule has 0 heterocycles. The van der Waals surface area contributed by atoms with E-state index in [1.54, 1.807) is 0 Å². The second kappa shape index (κ2) is 10.4. The van der Waals surface area contributed by atoms with Gasteiger partial charge in [0.25, 0.3) is 0 Å². The number of rotatable bonds is 6. The molecule has 0 radical (unpaired) electrons. The first-order valence-corrected chi connectivity index (χ1v) is 12.6. The summed E-state index contributed by atoms with van der Waals surface area (Å²) in [5, 5.41) is 29.8. The van der Waals surface area contributed by atoms with Crippen molar-refractivity contribution in [2.24, 2.45) is 17.3 Å². The molecule has 0 spiro atoms. The highest BCUT2D eigenvalue weighted by Gasteiger charge is 2.52. The van der Waals surface area contributed by atoms with Gasteiger partial charge in [-0.2, -0.15) is 13.2 Å². The van der Waals surface area contributed by atoms with Crippen molar-refractivity contribution in [2.75, 3.05) is 0 Å². The van der Waals surface area contributed by atoms with Crippen LogP contribution in [0.4, 0.5) is 13.2 Å². The monoisotopic (exact) mass is 500 g/mol. The van der Waals surface area contributed by atoms with Crippen LogP contribution in [0.25, 0.3) is 0 Å². The number of aliphatic hydroxyl groups excluding tert-OH is 2.